The third kappa shape index (κ3) is 2.71. The first kappa shape index (κ1) is 16.2. The standard InChI is InChI=1S/C19H21N3O2S/c1-23-16-8-4-14(5-9-16)18-20-12-3-13-21(20)19(25)22(18)15-6-10-17(24-2)11-7-15/h4-11,18H,3,12-13H2,1-2H3/t18-/m1/s1. The predicted molar refractivity (Wildman–Crippen MR) is 102 cm³/mol. The Kier molecular flexibility index (Phi) is 4.23. The molecule has 6 heteroatoms. The minimum absolute atomic E-state index is 0.0642. The zero-order chi connectivity index (χ0) is 17.4. The monoisotopic (exact) mass is 355 g/mol. The molecular formula is C19H21N3O2S. The Hall–Kier alpha value is -2.31. The maximum absolute atomic E-state index is 5.80. The van der Waals surface area contributed by atoms with Gasteiger partial charge in [-0.1, -0.05) is 12.1 Å². The normalized spacial score (nSPS) is 20.1. The Morgan fingerprint density at radius 2 is 1.48 bits per heavy atom. The lowest BCUT2D eigenvalue weighted by Crippen LogP contribution is -2.32. The molecular weight excluding hydrogens is 334 g/mol. The first-order chi connectivity index (χ1) is 12.2. The van der Waals surface area contributed by atoms with E-state index in [4.69, 9.17) is 21.7 Å². The number of nitrogens with zero attached hydrogens (tertiary/aromatic N) is 3. The van der Waals surface area contributed by atoms with Gasteiger partial charge in [-0.2, -0.15) is 5.01 Å². The number of ether oxygens (including phenoxy) is 2. The fraction of sp³-hybridized carbons (Fsp3) is 0.316. The van der Waals surface area contributed by atoms with Crippen LogP contribution in [0.25, 0.3) is 0 Å². The van der Waals surface area contributed by atoms with Gasteiger partial charge < -0.3 is 9.47 Å². The Balaban J connectivity index is 1.74. The van der Waals surface area contributed by atoms with E-state index < -0.39 is 0 Å². The second-order valence-corrected chi connectivity index (χ2v) is 6.50. The van der Waals surface area contributed by atoms with Crippen molar-refractivity contribution in [1.82, 2.24) is 10.0 Å². The average molecular weight is 355 g/mol. The first-order valence-electron chi connectivity index (χ1n) is 8.38. The van der Waals surface area contributed by atoms with E-state index in [-0.39, 0.29) is 6.17 Å². The molecule has 0 unspecified atom stereocenters. The van der Waals surface area contributed by atoms with E-state index in [1.54, 1.807) is 14.2 Å². The van der Waals surface area contributed by atoms with Gasteiger partial charge in [0.25, 0.3) is 0 Å². The summed E-state index contributed by atoms with van der Waals surface area (Å²) in [5, 5.41) is 5.42. The molecule has 4 rings (SSSR count). The molecule has 2 saturated heterocycles. The van der Waals surface area contributed by atoms with Crippen LogP contribution < -0.4 is 14.4 Å². The fourth-order valence-corrected chi connectivity index (χ4v) is 3.95. The van der Waals surface area contributed by atoms with Crippen LogP contribution in [0.3, 0.4) is 0 Å². The molecule has 2 aromatic carbocycles. The summed E-state index contributed by atoms with van der Waals surface area (Å²) in [6.07, 6.45) is 1.19. The first-order valence-corrected chi connectivity index (χ1v) is 8.79. The van der Waals surface area contributed by atoms with Crippen LogP contribution in [0.4, 0.5) is 5.69 Å². The largest absolute Gasteiger partial charge is 0.497 e. The molecule has 2 heterocycles. The van der Waals surface area contributed by atoms with Crippen molar-refractivity contribution in [3.8, 4) is 11.5 Å². The second-order valence-electron chi connectivity index (χ2n) is 6.14. The molecule has 1 atom stereocenters. The van der Waals surface area contributed by atoms with Crippen LogP contribution in [0.15, 0.2) is 48.5 Å². The molecule has 130 valence electrons. The molecule has 0 amide bonds. The van der Waals surface area contributed by atoms with Gasteiger partial charge in [-0.25, -0.2) is 0 Å². The smallest absolute Gasteiger partial charge is 0.192 e. The van der Waals surface area contributed by atoms with Gasteiger partial charge >= 0.3 is 0 Å². The van der Waals surface area contributed by atoms with Crippen LogP contribution in [-0.2, 0) is 0 Å². The third-order valence-corrected chi connectivity index (χ3v) is 5.19. The van der Waals surface area contributed by atoms with Crippen molar-refractivity contribution in [3.63, 3.8) is 0 Å². The number of methoxy groups -OCH3 is 2. The van der Waals surface area contributed by atoms with E-state index in [2.05, 4.69) is 39.2 Å². The van der Waals surface area contributed by atoms with E-state index in [9.17, 15) is 0 Å². The Labute approximate surface area is 153 Å². The van der Waals surface area contributed by atoms with Crippen LogP contribution >= 0.6 is 12.2 Å². The van der Waals surface area contributed by atoms with Crippen molar-refractivity contribution >= 4 is 23.0 Å². The zero-order valence-electron chi connectivity index (χ0n) is 14.4. The average Bonchev–Trinajstić information content (AvgIpc) is 3.24. The topological polar surface area (TPSA) is 28.2 Å². The van der Waals surface area contributed by atoms with Gasteiger partial charge in [0.2, 0.25) is 0 Å². The SMILES string of the molecule is COc1ccc([C@H]2N(c3ccc(OC)cc3)C(=S)N3CCCN23)cc1. The van der Waals surface area contributed by atoms with Gasteiger partial charge in [0.05, 0.1) is 14.2 Å². The maximum Gasteiger partial charge on any atom is 0.192 e. The minimum atomic E-state index is 0.0642. The quantitative estimate of drug-likeness (QED) is 0.781. The number of anilines is 1. The van der Waals surface area contributed by atoms with Gasteiger partial charge in [-0.3, -0.25) is 9.91 Å². The van der Waals surface area contributed by atoms with E-state index in [0.717, 1.165) is 41.8 Å². The molecule has 0 bridgehead atoms. The summed E-state index contributed by atoms with van der Waals surface area (Å²) >= 11 is 5.80. The molecule has 2 aliphatic heterocycles. The predicted octanol–water partition coefficient (Wildman–Crippen LogP) is 3.43. The van der Waals surface area contributed by atoms with Crippen LogP contribution in [0.1, 0.15) is 18.2 Å². The zero-order valence-corrected chi connectivity index (χ0v) is 15.2. The molecule has 0 spiro atoms. The molecule has 2 aliphatic rings. The molecule has 2 aromatic rings. The second kappa shape index (κ2) is 6.54. The molecule has 5 nitrogen and oxygen atoms in total. The number of fused-ring (bicyclic) bond motifs is 1. The number of thiocarbonyl (C=S) groups is 1. The van der Waals surface area contributed by atoms with Crippen molar-refractivity contribution in [3.05, 3.63) is 54.1 Å². The van der Waals surface area contributed by atoms with Crippen LogP contribution in [-0.4, -0.2) is 42.4 Å². The lowest BCUT2D eigenvalue weighted by molar-refractivity contribution is 0.0923. The van der Waals surface area contributed by atoms with Crippen LogP contribution in [0.5, 0.6) is 11.5 Å². The summed E-state index contributed by atoms with van der Waals surface area (Å²) in [6.45, 7) is 1.97. The Morgan fingerprint density at radius 1 is 0.880 bits per heavy atom. The molecule has 0 radical (unpaired) electrons. The molecule has 0 aliphatic carbocycles. The van der Waals surface area contributed by atoms with Gasteiger partial charge in [-0.05, 0) is 60.6 Å². The molecule has 0 aromatic heterocycles. The van der Waals surface area contributed by atoms with Crippen molar-refractivity contribution in [2.24, 2.45) is 0 Å². The van der Waals surface area contributed by atoms with E-state index >= 15 is 0 Å². The van der Waals surface area contributed by atoms with Crippen LogP contribution in [0, 0.1) is 0 Å². The van der Waals surface area contributed by atoms with E-state index in [1.807, 2.05) is 24.3 Å². The summed E-state index contributed by atoms with van der Waals surface area (Å²) in [5.41, 5.74) is 2.27. The van der Waals surface area contributed by atoms with E-state index in [0.29, 0.717) is 0 Å². The number of benzene rings is 2. The Bertz CT molecular complexity index is 763. The third-order valence-electron chi connectivity index (χ3n) is 4.79. The van der Waals surface area contributed by atoms with Gasteiger partial charge in [0.1, 0.15) is 17.7 Å². The minimum Gasteiger partial charge on any atom is -0.497 e. The van der Waals surface area contributed by atoms with Crippen molar-refractivity contribution < 1.29 is 9.47 Å². The molecule has 0 saturated carbocycles. The van der Waals surface area contributed by atoms with Gasteiger partial charge in [0.15, 0.2) is 5.11 Å². The highest BCUT2D eigenvalue weighted by Gasteiger charge is 2.45. The summed E-state index contributed by atoms with van der Waals surface area (Å²) in [5.74, 6) is 1.70. The van der Waals surface area contributed by atoms with E-state index in [1.165, 1.54) is 5.56 Å². The number of hydrogen-bond donors (Lipinski definition) is 0. The van der Waals surface area contributed by atoms with Crippen molar-refractivity contribution in [2.75, 3.05) is 32.2 Å². The molecule has 0 N–H and O–H groups in total. The maximum atomic E-state index is 5.80. The van der Waals surface area contributed by atoms with Gasteiger partial charge in [0, 0.05) is 18.8 Å². The number of rotatable bonds is 4. The fourth-order valence-electron chi connectivity index (χ4n) is 3.55. The number of hydrazine groups is 1. The summed E-state index contributed by atoms with van der Waals surface area (Å²) in [7, 11) is 3.36. The summed E-state index contributed by atoms with van der Waals surface area (Å²) < 4.78 is 10.6. The lowest BCUT2D eigenvalue weighted by Gasteiger charge is -2.29. The van der Waals surface area contributed by atoms with Crippen molar-refractivity contribution in [2.45, 2.75) is 12.6 Å². The molecule has 2 fully saturated rings. The highest BCUT2D eigenvalue weighted by molar-refractivity contribution is 7.80. The lowest BCUT2D eigenvalue weighted by atomic mass is 10.1. The summed E-state index contributed by atoms with van der Waals surface area (Å²) in [6, 6.07) is 16.3. The summed E-state index contributed by atoms with van der Waals surface area (Å²) in [4.78, 5) is 2.22. The number of hydrogen-bond acceptors (Lipinski definition) is 4. The highest BCUT2D eigenvalue weighted by atomic mass is 32.1. The molecule has 25 heavy (non-hydrogen) atoms. The highest BCUT2D eigenvalue weighted by Crippen LogP contribution is 2.41. The van der Waals surface area contributed by atoms with Crippen molar-refractivity contribution in [1.29, 1.82) is 0 Å². The van der Waals surface area contributed by atoms with Crippen LogP contribution in [0.2, 0.25) is 0 Å². The van der Waals surface area contributed by atoms with Gasteiger partial charge in [-0.15, -0.1) is 0 Å². The Morgan fingerprint density at radius 3 is 2.08 bits per heavy atom.